The normalized spacial score (nSPS) is 15.5. The highest BCUT2D eigenvalue weighted by Crippen LogP contribution is 2.28. The number of rotatable bonds is 4. The minimum Gasteiger partial charge on any atom is -0.369 e. The summed E-state index contributed by atoms with van der Waals surface area (Å²) in [6.45, 7) is 5.67. The third kappa shape index (κ3) is 2.87. The summed E-state index contributed by atoms with van der Waals surface area (Å²) in [6.07, 6.45) is 0.681. The first-order chi connectivity index (χ1) is 12.6. The van der Waals surface area contributed by atoms with Gasteiger partial charge >= 0.3 is 0 Å². The van der Waals surface area contributed by atoms with Crippen molar-refractivity contribution in [3.05, 3.63) is 54.2 Å². The number of aryl methyl sites for hydroxylation is 1. The zero-order chi connectivity index (χ0) is 18.1. The zero-order valence-corrected chi connectivity index (χ0v) is 15.5. The second-order valence-electron chi connectivity index (χ2n) is 6.40. The molecule has 26 heavy (non-hydrogen) atoms. The molecule has 1 fully saturated rings. The van der Waals surface area contributed by atoms with Crippen molar-refractivity contribution in [2.75, 3.05) is 31.1 Å². The Labute approximate surface area is 153 Å². The predicted octanol–water partition coefficient (Wildman–Crippen LogP) is 2.25. The maximum Gasteiger partial charge on any atom is 0.283 e. The Balaban J connectivity index is 1.88. The molecule has 1 aliphatic rings. The molecular weight excluding hydrogens is 348 g/mol. The number of aromatic nitrogens is 2. The fourth-order valence-corrected chi connectivity index (χ4v) is 4.71. The van der Waals surface area contributed by atoms with Crippen LogP contribution < -0.4 is 10.2 Å². The van der Waals surface area contributed by atoms with Gasteiger partial charge in [0.05, 0.1) is 16.1 Å². The van der Waals surface area contributed by atoms with Crippen LogP contribution in [0.15, 0.2) is 53.4 Å². The summed E-state index contributed by atoms with van der Waals surface area (Å²) >= 11 is 0. The van der Waals surface area contributed by atoms with Crippen LogP contribution in [-0.4, -0.2) is 43.8 Å². The highest BCUT2D eigenvalue weighted by molar-refractivity contribution is 7.90. The summed E-state index contributed by atoms with van der Waals surface area (Å²) in [7, 11) is -3.73. The van der Waals surface area contributed by atoms with Crippen molar-refractivity contribution in [3.8, 4) is 0 Å². The predicted molar refractivity (Wildman–Crippen MR) is 103 cm³/mol. The minimum absolute atomic E-state index is 0.250. The van der Waals surface area contributed by atoms with E-state index in [-0.39, 0.29) is 4.90 Å². The van der Waals surface area contributed by atoms with Gasteiger partial charge in [-0.05, 0) is 36.8 Å². The highest BCUT2D eigenvalue weighted by atomic mass is 32.2. The molecule has 0 spiro atoms. The summed E-state index contributed by atoms with van der Waals surface area (Å²) in [4.78, 5) is 2.52. The highest BCUT2D eigenvalue weighted by Gasteiger charge is 2.23. The van der Waals surface area contributed by atoms with Crippen LogP contribution in [0.2, 0.25) is 0 Å². The van der Waals surface area contributed by atoms with Crippen LogP contribution >= 0.6 is 0 Å². The van der Waals surface area contributed by atoms with Crippen molar-refractivity contribution in [1.82, 2.24) is 14.5 Å². The number of fused-ring (bicyclic) bond motifs is 1. The summed E-state index contributed by atoms with van der Waals surface area (Å²) < 4.78 is 27.5. The lowest BCUT2D eigenvalue weighted by Crippen LogP contribution is -2.43. The van der Waals surface area contributed by atoms with Gasteiger partial charge in [0.15, 0.2) is 0 Å². The van der Waals surface area contributed by atoms with Gasteiger partial charge in [-0.1, -0.05) is 25.1 Å². The Hall–Kier alpha value is -2.38. The van der Waals surface area contributed by atoms with Gasteiger partial charge in [-0.3, -0.25) is 0 Å². The summed E-state index contributed by atoms with van der Waals surface area (Å²) in [5, 5.41) is 8.67. The Morgan fingerprint density at radius 2 is 1.81 bits per heavy atom. The van der Waals surface area contributed by atoms with E-state index >= 15 is 0 Å². The van der Waals surface area contributed by atoms with Crippen LogP contribution in [-0.2, 0) is 16.4 Å². The number of benzene rings is 2. The Bertz CT molecular complexity index is 1020. The van der Waals surface area contributed by atoms with Gasteiger partial charge in [-0.15, -0.1) is 0 Å². The fraction of sp³-hybridized carbons (Fsp3) is 0.316. The third-order valence-electron chi connectivity index (χ3n) is 4.80. The smallest absolute Gasteiger partial charge is 0.283 e. The molecule has 1 aromatic heterocycles. The SMILES string of the molecule is CCc1nn(S(=O)(=O)c2ccccc2)c2cc(N3CCNCC3)ccc12. The first-order valence-corrected chi connectivity index (χ1v) is 10.3. The molecule has 2 heterocycles. The molecule has 0 atom stereocenters. The number of piperazine rings is 1. The average molecular weight is 370 g/mol. The van der Waals surface area contributed by atoms with Crippen LogP contribution in [0.3, 0.4) is 0 Å². The standard InChI is InChI=1S/C19H22N4O2S/c1-2-18-17-9-8-15(22-12-10-20-11-13-22)14-19(17)23(21-18)26(24,25)16-6-4-3-5-7-16/h3-9,14,20H,2,10-13H2,1H3. The van der Waals surface area contributed by atoms with Crippen molar-refractivity contribution in [3.63, 3.8) is 0 Å². The van der Waals surface area contributed by atoms with Crippen LogP contribution in [0.5, 0.6) is 0 Å². The van der Waals surface area contributed by atoms with E-state index in [2.05, 4.69) is 21.4 Å². The molecule has 7 heteroatoms. The van der Waals surface area contributed by atoms with Crippen LogP contribution in [0.1, 0.15) is 12.6 Å². The van der Waals surface area contributed by atoms with Gasteiger partial charge in [-0.25, -0.2) is 0 Å². The van der Waals surface area contributed by atoms with E-state index in [4.69, 9.17) is 0 Å². The van der Waals surface area contributed by atoms with E-state index in [0.29, 0.717) is 11.9 Å². The molecule has 0 bridgehead atoms. The Morgan fingerprint density at radius 3 is 2.50 bits per heavy atom. The maximum atomic E-state index is 13.1. The first-order valence-electron chi connectivity index (χ1n) is 8.89. The lowest BCUT2D eigenvalue weighted by atomic mass is 10.1. The number of nitrogens with one attached hydrogen (secondary N) is 1. The molecule has 136 valence electrons. The molecule has 0 unspecified atom stereocenters. The Morgan fingerprint density at radius 1 is 1.08 bits per heavy atom. The molecule has 0 radical (unpaired) electrons. The second kappa shape index (κ2) is 6.74. The average Bonchev–Trinajstić information content (AvgIpc) is 3.08. The van der Waals surface area contributed by atoms with Crippen molar-refractivity contribution in [2.45, 2.75) is 18.2 Å². The van der Waals surface area contributed by atoms with E-state index in [0.717, 1.165) is 42.9 Å². The van der Waals surface area contributed by atoms with Crippen molar-refractivity contribution in [2.24, 2.45) is 0 Å². The Kier molecular flexibility index (Phi) is 4.42. The number of nitrogens with zero attached hydrogens (tertiary/aromatic N) is 3. The second-order valence-corrected chi connectivity index (χ2v) is 8.17. The van der Waals surface area contributed by atoms with E-state index in [1.807, 2.05) is 19.1 Å². The molecular formula is C19H22N4O2S. The number of anilines is 1. The lowest BCUT2D eigenvalue weighted by Gasteiger charge is -2.29. The summed E-state index contributed by atoms with van der Waals surface area (Å²) in [5.74, 6) is 0. The molecule has 1 N–H and O–H groups in total. The lowest BCUT2D eigenvalue weighted by molar-refractivity contribution is 0.581. The summed E-state index contributed by atoms with van der Waals surface area (Å²) in [6, 6.07) is 14.5. The molecule has 4 rings (SSSR count). The van der Waals surface area contributed by atoms with Crippen LogP contribution in [0.25, 0.3) is 10.9 Å². The monoisotopic (exact) mass is 370 g/mol. The van der Waals surface area contributed by atoms with Gasteiger partial charge in [0.2, 0.25) is 0 Å². The number of hydrogen-bond donors (Lipinski definition) is 1. The third-order valence-corrected chi connectivity index (χ3v) is 6.40. The largest absolute Gasteiger partial charge is 0.369 e. The molecule has 0 amide bonds. The van der Waals surface area contributed by atoms with Gasteiger partial charge in [0.1, 0.15) is 0 Å². The van der Waals surface area contributed by atoms with Gasteiger partial charge in [-0.2, -0.15) is 17.6 Å². The van der Waals surface area contributed by atoms with E-state index in [1.54, 1.807) is 30.3 Å². The molecule has 2 aromatic carbocycles. The van der Waals surface area contributed by atoms with Gasteiger partial charge in [0, 0.05) is 37.3 Å². The van der Waals surface area contributed by atoms with Crippen LogP contribution in [0.4, 0.5) is 5.69 Å². The maximum absolute atomic E-state index is 13.1. The summed E-state index contributed by atoms with van der Waals surface area (Å²) in [5.41, 5.74) is 2.47. The molecule has 3 aromatic rings. The molecule has 1 saturated heterocycles. The van der Waals surface area contributed by atoms with Crippen molar-refractivity contribution < 1.29 is 8.42 Å². The minimum atomic E-state index is -3.73. The number of hydrogen-bond acceptors (Lipinski definition) is 5. The fourth-order valence-electron chi connectivity index (χ4n) is 3.40. The zero-order valence-electron chi connectivity index (χ0n) is 14.7. The molecule has 6 nitrogen and oxygen atoms in total. The topological polar surface area (TPSA) is 67.2 Å². The molecule has 1 aliphatic heterocycles. The van der Waals surface area contributed by atoms with Crippen molar-refractivity contribution >= 4 is 26.6 Å². The van der Waals surface area contributed by atoms with Crippen LogP contribution in [0, 0.1) is 0 Å². The van der Waals surface area contributed by atoms with Gasteiger partial charge < -0.3 is 10.2 Å². The quantitative estimate of drug-likeness (QED) is 0.763. The van der Waals surface area contributed by atoms with E-state index < -0.39 is 10.0 Å². The first kappa shape index (κ1) is 17.1. The van der Waals surface area contributed by atoms with Gasteiger partial charge in [0.25, 0.3) is 10.0 Å². The van der Waals surface area contributed by atoms with E-state index in [9.17, 15) is 8.42 Å². The van der Waals surface area contributed by atoms with E-state index in [1.165, 1.54) is 4.09 Å². The van der Waals surface area contributed by atoms with Crippen molar-refractivity contribution in [1.29, 1.82) is 0 Å². The molecule has 0 saturated carbocycles. The molecule has 0 aliphatic carbocycles.